The first-order valence-electron chi connectivity index (χ1n) is 7.46. The molecule has 23 heavy (non-hydrogen) atoms. The first-order valence-corrected chi connectivity index (χ1v) is 8.78. The summed E-state index contributed by atoms with van der Waals surface area (Å²) in [7, 11) is 0. The number of carbonyl (C=O) groups excluding carboxylic acids is 1. The number of carbonyl (C=O) groups is 1. The lowest BCUT2D eigenvalue weighted by molar-refractivity contribution is 0.0346. The summed E-state index contributed by atoms with van der Waals surface area (Å²) in [5.41, 5.74) is 3.34. The summed E-state index contributed by atoms with van der Waals surface area (Å²) in [4.78, 5) is 18.7. The quantitative estimate of drug-likeness (QED) is 0.886. The molecule has 1 amide bonds. The van der Waals surface area contributed by atoms with Gasteiger partial charge in [0, 0.05) is 35.6 Å². The molecule has 122 valence electrons. The number of benzene rings is 1. The van der Waals surface area contributed by atoms with Crippen LogP contribution in [0.25, 0.3) is 0 Å². The smallest absolute Gasteiger partial charge is 0.251 e. The molecule has 0 saturated carbocycles. The van der Waals surface area contributed by atoms with Gasteiger partial charge in [-0.2, -0.15) is 0 Å². The molecule has 1 fully saturated rings. The molecule has 1 aliphatic rings. The van der Waals surface area contributed by atoms with Crippen LogP contribution in [0.4, 0.5) is 0 Å². The van der Waals surface area contributed by atoms with Gasteiger partial charge in [-0.25, -0.2) is 4.98 Å². The third kappa shape index (κ3) is 4.29. The van der Waals surface area contributed by atoms with Crippen LogP contribution in [-0.2, 0) is 6.54 Å². The Morgan fingerprint density at radius 3 is 3.09 bits per heavy atom. The predicted molar refractivity (Wildman–Crippen MR) is 90.7 cm³/mol. The van der Waals surface area contributed by atoms with Crippen molar-refractivity contribution in [1.29, 1.82) is 0 Å². The molecule has 1 aromatic carbocycles. The Bertz CT molecular complexity index is 665. The summed E-state index contributed by atoms with van der Waals surface area (Å²) < 4.78 is 0. The van der Waals surface area contributed by atoms with Crippen molar-refractivity contribution in [2.24, 2.45) is 0 Å². The SMILES string of the molecule is O=C(NC1CCN(Cc2cscn2)CC1O)c1cccc(Cl)c1. The highest BCUT2D eigenvalue weighted by Crippen LogP contribution is 2.16. The van der Waals surface area contributed by atoms with Crippen LogP contribution in [0.2, 0.25) is 5.02 Å². The van der Waals surface area contributed by atoms with Gasteiger partial charge in [0.25, 0.3) is 5.91 Å². The van der Waals surface area contributed by atoms with Crippen molar-refractivity contribution in [2.45, 2.75) is 25.1 Å². The monoisotopic (exact) mass is 351 g/mol. The molecule has 0 spiro atoms. The van der Waals surface area contributed by atoms with Gasteiger partial charge in [-0.15, -0.1) is 11.3 Å². The highest BCUT2D eigenvalue weighted by Gasteiger charge is 2.29. The van der Waals surface area contributed by atoms with Crippen molar-refractivity contribution in [2.75, 3.05) is 13.1 Å². The molecule has 1 saturated heterocycles. The Labute approximate surface area is 143 Å². The Morgan fingerprint density at radius 1 is 1.52 bits per heavy atom. The molecule has 1 aliphatic heterocycles. The minimum Gasteiger partial charge on any atom is -0.390 e. The number of piperidine rings is 1. The van der Waals surface area contributed by atoms with E-state index in [0.29, 0.717) is 23.6 Å². The zero-order chi connectivity index (χ0) is 16.2. The summed E-state index contributed by atoms with van der Waals surface area (Å²) >= 11 is 7.47. The van der Waals surface area contributed by atoms with Gasteiger partial charge < -0.3 is 10.4 Å². The molecule has 1 aromatic heterocycles. The maximum atomic E-state index is 12.2. The van der Waals surface area contributed by atoms with Gasteiger partial charge in [0.2, 0.25) is 0 Å². The van der Waals surface area contributed by atoms with Crippen molar-refractivity contribution >= 4 is 28.8 Å². The number of amides is 1. The fourth-order valence-electron chi connectivity index (χ4n) is 2.74. The lowest BCUT2D eigenvalue weighted by Gasteiger charge is -2.35. The average molecular weight is 352 g/mol. The lowest BCUT2D eigenvalue weighted by Crippen LogP contribution is -2.53. The van der Waals surface area contributed by atoms with Gasteiger partial charge in [0.1, 0.15) is 0 Å². The van der Waals surface area contributed by atoms with Crippen molar-refractivity contribution in [1.82, 2.24) is 15.2 Å². The molecule has 0 radical (unpaired) electrons. The molecule has 5 nitrogen and oxygen atoms in total. The Hall–Kier alpha value is -1.47. The zero-order valence-corrected chi connectivity index (χ0v) is 14.1. The van der Waals surface area contributed by atoms with Crippen LogP contribution in [0.15, 0.2) is 35.2 Å². The maximum absolute atomic E-state index is 12.2. The number of β-amino-alcohol motifs (C(OH)–C–C–N with tert-alkyl or cyclic N) is 1. The van der Waals surface area contributed by atoms with Crippen LogP contribution < -0.4 is 5.32 Å². The van der Waals surface area contributed by atoms with Crippen molar-refractivity contribution < 1.29 is 9.90 Å². The van der Waals surface area contributed by atoms with Gasteiger partial charge in [-0.1, -0.05) is 17.7 Å². The van der Waals surface area contributed by atoms with Gasteiger partial charge in [0.15, 0.2) is 0 Å². The minimum absolute atomic E-state index is 0.204. The largest absolute Gasteiger partial charge is 0.390 e. The molecule has 2 atom stereocenters. The van der Waals surface area contributed by atoms with E-state index >= 15 is 0 Å². The summed E-state index contributed by atoms with van der Waals surface area (Å²) in [6.45, 7) is 2.07. The van der Waals surface area contributed by atoms with E-state index in [0.717, 1.165) is 18.8 Å². The van der Waals surface area contributed by atoms with Gasteiger partial charge in [-0.05, 0) is 24.6 Å². The zero-order valence-electron chi connectivity index (χ0n) is 12.5. The Morgan fingerprint density at radius 2 is 2.39 bits per heavy atom. The predicted octanol–water partition coefficient (Wildman–Crippen LogP) is 2.16. The highest BCUT2D eigenvalue weighted by atomic mass is 35.5. The normalized spacial score (nSPS) is 22.0. The van der Waals surface area contributed by atoms with Crippen LogP contribution in [0.3, 0.4) is 0 Å². The summed E-state index contributed by atoms with van der Waals surface area (Å²) in [5, 5.41) is 15.8. The van der Waals surface area contributed by atoms with E-state index in [1.54, 1.807) is 35.6 Å². The molecule has 2 aromatic rings. The lowest BCUT2D eigenvalue weighted by atomic mass is 10.0. The Balaban J connectivity index is 1.55. The van der Waals surface area contributed by atoms with Crippen LogP contribution in [-0.4, -0.2) is 46.1 Å². The average Bonchev–Trinajstić information content (AvgIpc) is 3.03. The number of aromatic nitrogens is 1. The number of likely N-dealkylation sites (tertiary alicyclic amines) is 1. The number of nitrogens with zero attached hydrogens (tertiary/aromatic N) is 2. The summed E-state index contributed by atoms with van der Waals surface area (Å²) in [6.07, 6.45) is 0.114. The van der Waals surface area contributed by atoms with Crippen LogP contribution >= 0.6 is 22.9 Å². The molecule has 7 heteroatoms. The number of rotatable bonds is 4. The number of hydrogen-bond donors (Lipinski definition) is 2. The molecule has 2 unspecified atom stereocenters. The van der Waals surface area contributed by atoms with Crippen LogP contribution in [0, 0.1) is 0 Å². The van der Waals surface area contributed by atoms with Crippen molar-refractivity contribution in [3.05, 3.63) is 51.4 Å². The first-order chi connectivity index (χ1) is 11.1. The fourth-order valence-corrected chi connectivity index (χ4v) is 3.48. The number of nitrogens with one attached hydrogen (secondary N) is 1. The van der Waals surface area contributed by atoms with Gasteiger partial charge >= 0.3 is 0 Å². The summed E-state index contributed by atoms with van der Waals surface area (Å²) in [6, 6.07) is 6.56. The van der Waals surface area contributed by atoms with Crippen molar-refractivity contribution in [3.63, 3.8) is 0 Å². The highest BCUT2D eigenvalue weighted by molar-refractivity contribution is 7.07. The Kier molecular flexibility index (Phi) is 5.27. The number of aliphatic hydroxyl groups excluding tert-OH is 1. The van der Waals surface area contributed by atoms with E-state index in [2.05, 4.69) is 15.2 Å². The second-order valence-corrected chi connectivity index (χ2v) is 6.82. The molecule has 0 aliphatic carbocycles. The third-order valence-electron chi connectivity index (χ3n) is 3.94. The molecular formula is C16H18ClN3O2S. The van der Waals surface area contributed by atoms with E-state index in [-0.39, 0.29) is 11.9 Å². The molecule has 3 rings (SSSR count). The van der Waals surface area contributed by atoms with E-state index in [4.69, 9.17) is 11.6 Å². The number of thiazole rings is 1. The van der Waals surface area contributed by atoms with Crippen molar-refractivity contribution in [3.8, 4) is 0 Å². The number of hydrogen-bond acceptors (Lipinski definition) is 5. The minimum atomic E-state index is -0.592. The fraction of sp³-hybridized carbons (Fsp3) is 0.375. The first kappa shape index (κ1) is 16.4. The molecule has 0 bridgehead atoms. The van der Waals surface area contributed by atoms with E-state index in [9.17, 15) is 9.90 Å². The van der Waals surface area contributed by atoms with Gasteiger partial charge in [-0.3, -0.25) is 9.69 Å². The number of aliphatic hydroxyl groups is 1. The topological polar surface area (TPSA) is 65.5 Å². The van der Waals surface area contributed by atoms with E-state index in [1.807, 2.05) is 10.9 Å². The van der Waals surface area contributed by atoms with E-state index < -0.39 is 6.10 Å². The molecular weight excluding hydrogens is 334 g/mol. The van der Waals surface area contributed by atoms with Crippen LogP contribution in [0.1, 0.15) is 22.5 Å². The second kappa shape index (κ2) is 7.40. The second-order valence-electron chi connectivity index (χ2n) is 5.66. The maximum Gasteiger partial charge on any atom is 0.251 e. The van der Waals surface area contributed by atoms with Crippen LogP contribution in [0.5, 0.6) is 0 Å². The number of halogens is 1. The van der Waals surface area contributed by atoms with E-state index in [1.165, 1.54) is 0 Å². The standard InChI is InChI=1S/C16H18ClN3O2S/c17-12-3-1-2-11(6-12)16(22)19-14-4-5-20(8-15(14)21)7-13-9-23-10-18-13/h1-3,6,9-10,14-15,21H,4-5,7-8H2,(H,19,22). The summed E-state index contributed by atoms with van der Waals surface area (Å²) in [5.74, 6) is -0.204. The molecule has 2 heterocycles. The van der Waals surface area contributed by atoms with Gasteiger partial charge in [0.05, 0.1) is 23.4 Å². The molecule has 2 N–H and O–H groups in total. The third-order valence-corrected chi connectivity index (χ3v) is 4.81.